The third kappa shape index (κ3) is 7.89. The number of hydrogen-bond acceptors (Lipinski definition) is 5. The lowest BCUT2D eigenvalue weighted by molar-refractivity contribution is -0.180. The quantitative estimate of drug-likeness (QED) is 0.336. The number of benzene rings is 1. The molecular weight excluding hydrogens is 342 g/mol. The van der Waals surface area contributed by atoms with Crippen molar-refractivity contribution in [2.45, 2.75) is 78.6 Å². The highest BCUT2D eigenvalue weighted by atomic mass is 16.7. The Hall–Kier alpha value is -1.59. The number of carbonyl (C=O) groups excluding carboxylic acids is 1. The summed E-state index contributed by atoms with van der Waals surface area (Å²) in [4.78, 5) is 13.1. The highest BCUT2D eigenvalue weighted by Crippen LogP contribution is 2.36. The van der Waals surface area contributed by atoms with E-state index in [-0.39, 0.29) is 17.8 Å². The fraction of sp³-hybridized carbons (Fsp3) is 0.682. The average molecular weight is 380 g/mol. The van der Waals surface area contributed by atoms with Crippen LogP contribution in [0.2, 0.25) is 0 Å². The van der Waals surface area contributed by atoms with Crippen molar-refractivity contribution < 1.29 is 19.0 Å². The molecule has 0 amide bonds. The molecule has 0 aliphatic heterocycles. The van der Waals surface area contributed by atoms with Crippen molar-refractivity contribution in [2.75, 3.05) is 18.9 Å². The van der Waals surface area contributed by atoms with E-state index in [1.165, 1.54) is 0 Å². The van der Waals surface area contributed by atoms with Crippen LogP contribution in [0, 0.1) is 5.92 Å². The molecule has 2 atom stereocenters. The Kier molecular flexibility index (Phi) is 9.81. The zero-order valence-electron chi connectivity index (χ0n) is 17.8. The number of carbonyl (C=O) groups is 1. The van der Waals surface area contributed by atoms with E-state index < -0.39 is 11.9 Å². The van der Waals surface area contributed by atoms with Crippen LogP contribution >= 0.6 is 0 Å². The third-order valence-electron chi connectivity index (χ3n) is 4.29. The molecule has 0 saturated carbocycles. The van der Waals surface area contributed by atoms with E-state index in [2.05, 4.69) is 6.92 Å². The topological polar surface area (TPSA) is 70.8 Å². The van der Waals surface area contributed by atoms with Crippen molar-refractivity contribution in [3.63, 3.8) is 0 Å². The number of nitrogens with two attached hydrogens (primary N) is 1. The molecule has 0 saturated heterocycles. The van der Waals surface area contributed by atoms with Gasteiger partial charge in [-0.25, -0.2) is 0 Å². The Bertz CT molecular complexity index is 544. The van der Waals surface area contributed by atoms with Crippen LogP contribution in [0.25, 0.3) is 0 Å². The molecule has 0 aromatic heterocycles. The molecule has 1 rings (SSSR count). The number of ether oxygens (including phenoxy) is 3. The number of rotatable bonds is 11. The van der Waals surface area contributed by atoms with E-state index in [1.807, 2.05) is 58.9 Å². The molecule has 2 unspecified atom stereocenters. The summed E-state index contributed by atoms with van der Waals surface area (Å²) in [6.45, 7) is 12.7. The van der Waals surface area contributed by atoms with Gasteiger partial charge in [0.2, 0.25) is 0 Å². The Labute approximate surface area is 164 Å². The Morgan fingerprint density at radius 1 is 1.04 bits per heavy atom. The van der Waals surface area contributed by atoms with Crippen molar-refractivity contribution >= 4 is 11.7 Å². The molecule has 0 aliphatic rings. The van der Waals surface area contributed by atoms with Gasteiger partial charge >= 0.3 is 5.97 Å². The summed E-state index contributed by atoms with van der Waals surface area (Å²) in [7, 11) is 0. The monoisotopic (exact) mass is 379 g/mol. The standard InChI is InChI=1S/C22H37NO4/c1-7-10-11-18(20(24)27-22(4,5)6)19(21(25-8-2)26-9-3)16-12-14-17(23)15-13-16/h12-15,18-19,21H,7-11,23H2,1-6H3. The molecule has 154 valence electrons. The van der Waals surface area contributed by atoms with Crippen molar-refractivity contribution in [2.24, 2.45) is 5.92 Å². The molecule has 5 heteroatoms. The first-order valence-corrected chi connectivity index (χ1v) is 10.0. The van der Waals surface area contributed by atoms with E-state index >= 15 is 0 Å². The zero-order valence-corrected chi connectivity index (χ0v) is 17.8. The predicted molar refractivity (Wildman–Crippen MR) is 109 cm³/mol. The molecule has 0 bridgehead atoms. The van der Waals surface area contributed by atoms with Gasteiger partial charge in [-0.3, -0.25) is 4.79 Å². The minimum absolute atomic E-state index is 0.206. The van der Waals surface area contributed by atoms with E-state index in [1.54, 1.807) is 0 Å². The summed E-state index contributed by atoms with van der Waals surface area (Å²) in [5.41, 5.74) is 6.98. The van der Waals surface area contributed by atoms with Gasteiger partial charge in [-0.1, -0.05) is 31.9 Å². The van der Waals surface area contributed by atoms with Crippen LogP contribution < -0.4 is 5.73 Å². The summed E-state index contributed by atoms with van der Waals surface area (Å²) in [5, 5.41) is 0. The second-order valence-electron chi connectivity index (χ2n) is 7.75. The molecule has 0 heterocycles. The smallest absolute Gasteiger partial charge is 0.310 e. The van der Waals surface area contributed by atoms with Crippen LogP contribution in [-0.4, -0.2) is 31.1 Å². The molecule has 0 fully saturated rings. The van der Waals surface area contributed by atoms with Crippen molar-refractivity contribution in [3.05, 3.63) is 29.8 Å². The van der Waals surface area contributed by atoms with Gasteiger partial charge in [0.1, 0.15) is 5.60 Å². The summed E-state index contributed by atoms with van der Waals surface area (Å²) in [5.74, 6) is -0.815. The molecule has 0 aliphatic carbocycles. The predicted octanol–water partition coefficient (Wildman–Crippen LogP) is 4.90. The van der Waals surface area contributed by atoms with E-state index in [4.69, 9.17) is 19.9 Å². The maximum absolute atomic E-state index is 13.1. The van der Waals surface area contributed by atoms with Crippen LogP contribution in [0.4, 0.5) is 5.69 Å². The van der Waals surface area contributed by atoms with Crippen LogP contribution in [0.3, 0.4) is 0 Å². The van der Waals surface area contributed by atoms with Gasteiger partial charge in [-0.2, -0.15) is 0 Å². The van der Waals surface area contributed by atoms with Crippen LogP contribution in [0.1, 0.15) is 72.3 Å². The minimum Gasteiger partial charge on any atom is -0.460 e. The first-order chi connectivity index (χ1) is 12.7. The molecular formula is C22H37NO4. The lowest BCUT2D eigenvalue weighted by Crippen LogP contribution is -2.38. The van der Waals surface area contributed by atoms with E-state index in [0.717, 1.165) is 24.8 Å². The second kappa shape index (κ2) is 11.3. The van der Waals surface area contributed by atoms with Gasteiger partial charge < -0.3 is 19.9 Å². The molecule has 0 spiro atoms. The first-order valence-electron chi connectivity index (χ1n) is 10.0. The molecule has 1 aromatic rings. The maximum Gasteiger partial charge on any atom is 0.310 e. The van der Waals surface area contributed by atoms with Gasteiger partial charge in [-0.05, 0) is 58.7 Å². The third-order valence-corrected chi connectivity index (χ3v) is 4.29. The van der Waals surface area contributed by atoms with E-state index in [9.17, 15) is 4.79 Å². The Morgan fingerprint density at radius 3 is 2.04 bits per heavy atom. The van der Waals surface area contributed by atoms with Gasteiger partial charge in [0.15, 0.2) is 6.29 Å². The van der Waals surface area contributed by atoms with Crippen molar-refractivity contribution in [3.8, 4) is 0 Å². The summed E-state index contributed by atoms with van der Waals surface area (Å²) >= 11 is 0. The highest BCUT2D eigenvalue weighted by Gasteiger charge is 2.38. The van der Waals surface area contributed by atoms with Crippen LogP contribution in [-0.2, 0) is 19.0 Å². The number of unbranched alkanes of at least 4 members (excludes halogenated alkanes) is 1. The maximum atomic E-state index is 13.1. The highest BCUT2D eigenvalue weighted by molar-refractivity contribution is 5.74. The van der Waals surface area contributed by atoms with Gasteiger partial charge in [0.05, 0.1) is 5.92 Å². The molecule has 0 radical (unpaired) electrons. The number of hydrogen-bond donors (Lipinski definition) is 1. The fourth-order valence-electron chi connectivity index (χ4n) is 3.13. The van der Waals surface area contributed by atoms with Gasteiger partial charge in [-0.15, -0.1) is 0 Å². The number of nitrogen functional groups attached to an aromatic ring is 1. The average Bonchev–Trinajstić information content (AvgIpc) is 2.58. The summed E-state index contributed by atoms with van der Waals surface area (Å²) in [6.07, 6.45) is 2.14. The number of anilines is 1. The number of esters is 1. The molecule has 1 aromatic carbocycles. The van der Waals surface area contributed by atoms with Crippen molar-refractivity contribution in [1.82, 2.24) is 0 Å². The summed E-state index contributed by atoms with van der Waals surface area (Å²) in [6, 6.07) is 7.61. The molecule has 5 nitrogen and oxygen atoms in total. The van der Waals surface area contributed by atoms with Crippen LogP contribution in [0.5, 0.6) is 0 Å². The second-order valence-corrected chi connectivity index (χ2v) is 7.75. The normalized spacial score (nSPS) is 14.2. The van der Waals surface area contributed by atoms with Crippen molar-refractivity contribution in [1.29, 1.82) is 0 Å². The van der Waals surface area contributed by atoms with Gasteiger partial charge in [0.25, 0.3) is 0 Å². The summed E-state index contributed by atoms with van der Waals surface area (Å²) < 4.78 is 17.6. The van der Waals surface area contributed by atoms with E-state index in [0.29, 0.717) is 18.9 Å². The first kappa shape index (κ1) is 23.4. The zero-order chi connectivity index (χ0) is 20.4. The fourth-order valence-corrected chi connectivity index (χ4v) is 3.13. The Balaban J connectivity index is 3.33. The largest absolute Gasteiger partial charge is 0.460 e. The Morgan fingerprint density at radius 2 is 1.59 bits per heavy atom. The van der Waals surface area contributed by atoms with Crippen LogP contribution in [0.15, 0.2) is 24.3 Å². The SMILES string of the molecule is CCCCC(C(=O)OC(C)(C)C)C(c1ccc(N)cc1)C(OCC)OCC. The molecule has 2 N–H and O–H groups in total. The lowest BCUT2D eigenvalue weighted by atomic mass is 9.82. The lowest BCUT2D eigenvalue weighted by Gasteiger charge is -2.34. The van der Waals surface area contributed by atoms with Gasteiger partial charge in [0, 0.05) is 24.8 Å². The minimum atomic E-state index is -0.542. The molecule has 27 heavy (non-hydrogen) atoms.